The van der Waals surface area contributed by atoms with E-state index in [9.17, 15) is 19.2 Å². The summed E-state index contributed by atoms with van der Waals surface area (Å²) < 4.78 is 72.1. The molecule has 0 spiro atoms. The number of hydrogen-bond donors (Lipinski definition) is 0. The fraction of sp³-hybridized carbons (Fsp3) is 0.698. The lowest BCUT2D eigenvalue weighted by atomic mass is 9.93. The van der Waals surface area contributed by atoms with E-state index < -0.39 is 107 Å². The highest BCUT2D eigenvalue weighted by Crippen LogP contribution is 2.51. The average Bonchev–Trinajstić information content (AvgIpc) is 3.17. The van der Waals surface area contributed by atoms with Gasteiger partial charge in [0.15, 0.2) is 30.7 Å². The maximum atomic E-state index is 13.0. The Kier molecular flexibility index (Phi) is 18.3. The molecule has 2 aromatic carbocycles. The summed E-state index contributed by atoms with van der Waals surface area (Å²) in [6.45, 7) is 48.1. The Morgan fingerprint density at radius 1 is 0.542 bits per heavy atom. The van der Waals surface area contributed by atoms with Crippen molar-refractivity contribution in [1.82, 2.24) is 0 Å². The van der Waals surface area contributed by atoms with Crippen LogP contribution in [0, 0.1) is 0 Å². The van der Waals surface area contributed by atoms with Crippen molar-refractivity contribution in [3.05, 3.63) is 41.5 Å². The molecule has 2 aromatic rings. The summed E-state index contributed by atoms with van der Waals surface area (Å²) in [7, 11) is -9.84. The smallest absolute Gasteiger partial charge is 0.303 e. The molecule has 2 aliphatic rings. The van der Waals surface area contributed by atoms with E-state index in [0.29, 0.717) is 39.9 Å². The van der Waals surface area contributed by atoms with Crippen molar-refractivity contribution >= 4 is 57.1 Å². The largest absolute Gasteiger partial charge is 0.543 e. The zero-order chi connectivity index (χ0) is 55.1. The Labute approximate surface area is 434 Å². The van der Waals surface area contributed by atoms with E-state index in [1.54, 1.807) is 0 Å². The molecule has 7 atom stereocenters. The summed E-state index contributed by atoms with van der Waals surface area (Å²) in [6.07, 6.45) is -8.71. The van der Waals surface area contributed by atoms with Gasteiger partial charge in [-0.05, 0) is 90.2 Å². The highest BCUT2D eigenvalue weighted by Gasteiger charge is 2.55. The minimum absolute atomic E-state index is 0.117. The lowest BCUT2D eigenvalue weighted by Gasteiger charge is -2.46. The first-order valence-corrected chi connectivity index (χ1v) is 36.8. The molecule has 2 heterocycles. The zero-order valence-electron chi connectivity index (χ0n) is 48.0. The van der Waals surface area contributed by atoms with Crippen molar-refractivity contribution in [2.75, 3.05) is 6.61 Å². The molecule has 0 N–H and O–H groups in total. The van der Waals surface area contributed by atoms with Gasteiger partial charge in [-0.15, -0.1) is 0 Å². The second-order valence-corrected chi connectivity index (χ2v) is 44.4. The van der Waals surface area contributed by atoms with E-state index in [-0.39, 0.29) is 26.6 Å². The molecular weight excluding hydrogens is 989 g/mol. The first-order chi connectivity index (χ1) is 32.5. The Balaban J connectivity index is 2.09. The van der Waals surface area contributed by atoms with Crippen LogP contribution in [-0.4, -0.2) is 101 Å². The Morgan fingerprint density at radius 2 is 0.986 bits per heavy atom. The van der Waals surface area contributed by atoms with Gasteiger partial charge in [0.05, 0.1) is 0 Å². The normalized spacial score (nSPS) is 22.4. The molecule has 2 unspecified atom stereocenters. The fourth-order valence-electron chi connectivity index (χ4n) is 7.04. The van der Waals surface area contributed by atoms with Gasteiger partial charge in [-0.3, -0.25) is 19.2 Å². The highest BCUT2D eigenvalue weighted by molar-refractivity contribution is 6.76. The van der Waals surface area contributed by atoms with E-state index in [0.717, 1.165) is 0 Å². The maximum Gasteiger partial charge on any atom is 0.303 e. The predicted octanol–water partition coefficient (Wildman–Crippen LogP) is 12.4. The lowest BCUT2D eigenvalue weighted by Crippen LogP contribution is -2.63. The highest BCUT2D eigenvalue weighted by atomic mass is 28.4. The Hall–Kier alpha value is -3.89. The van der Waals surface area contributed by atoms with Gasteiger partial charge < -0.3 is 50.9 Å². The monoisotopic (exact) mass is 1080 g/mol. The van der Waals surface area contributed by atoms with E-state index >= 15 is 0 Å². The standard InChI is InChI=1S/C53H88O15Si4/c1-32(54)58-31-44-46(59-33(2)55)47(60-34(3)56)48(61-35(4)57)49(64-44)63-43-30-38-40(28-37(65-69(17,18)50(5,6)7)29-41(38)67-71(21,22)52(11,12)13)62-45(43)36-25-26-39(66-70(19,20)51(8,9)10)42(27-36)68-72(23,24)53(14,15)16/h25-29,43-49H,30-31H2,1-24H3/t43-,44+,45+,46+,47?,48?,49+/m0/s1. The first kappa shape index (κ1) is 60.7. The molecule has 1 saturated heterocycles. The van der Waals surface area contributed by atoms with E-state index in [2.05, 4.69) is 135 Å². The van der Waals surface area contributed by atoms with Gasteiger partial charge in [0.1, 0.15) is 47.6 Å². The number of ether oxygens (including phenoxy) is 7. The average molecular weight is 1080 g/mol. The number of hydrogen-bond acceptors (Lipinski definition) is 15. The summed E-state index contributed by atoms with van der Waals surface area (Å²) in [4.78, 5) is 50.7. The van der Waals surface area contributed by atoms with Gasteiger partial charge in [0.25, 0.3) is 16.6 Å². The van der Waals surface area contributed by atoms with Crippen LogP contribution in [0.3, 0.4) is 0 Å². The minimum Gasteiger partial charge on any atom is -0.543 e. The van der Waals surface area contributed by atoms with E-state index in [4.69, 9.17) is 50.9 Å². The zero-order valence-corrected chi connectivity index (χ0v) is 52.0. The Bertz CT molecular complexity index is 2280. The minimum atomic E-state index is -2.53. The molecule has 406 valence electrons. The molecule has 15 nitrogen and oxygen atoms in total. The second-order valence-electron chi connectivity index (χ2n) is 25.5. The number of benzene rings is 2. The number of esters is 4. The third kappa shape index (κ3) is 14.7. The quantitative estimate of drug-likeness (QED) is 0.0883. The lowest BCUT2D eigenvalue weighted by molar-refractivity contribution is -0.322. The molecule has 0 bridgehead atoms. The SMILES string of the molecule is CC(=O)OC[C@H]1O[C@@H](O[C@H]2Cc3c(cc(O[Si](C)(C)C(C)(C)C)cc3O[Si](C)(C)C(C)(C)C)O[C@@H]2c2ccc(O[Si](C)(C)C(C)(C)C)c(O[Si](C)(C)C(C)(C)C)c2)C(OC(C)=O)C(OC(C)=O)[C@@H]1OC(C)=O. The fourth-order valence-corrected chi connectivity index (χ4v) is 11.1. The molecule has 4 rings (SSSR count). The van der Waals surface area contributed by atoms with Crippen LogP contribution >= 0.6 is 0 Å². The van der Waals surface area contributed by atoms with Crippen molar-refractivity contribution in [1.29, 1.82) is 0 Å². The molecule has 72 heavy (non-hydrogen) atoms. The van der Waals surface area contributed by atoms with Crippen LogP contribution < -0.4 is 22.4 Å². The van der Waals surface area contributed by atoms with Gasteiger partial charge in [-0.2, -0.15) is 0 Å². The first-order valence-electron chi connectivity index (χ1n) is 25.2. The van der Waals surface area contributed by atoms with E-state index in [1.807, 2.05) is 30.3 Å². The summed E-state index contributed by atoms with van der Waals surface area (Å²) in [5.41, 5.74) is 1.39. The van der Waals surface area contributed by atoms with Crippen LogP contribution in [-0.2, 0) is 54.0 Å². The topological polar surface area (TPSA) is 170 Å². The Morgan fingerprint density at radius 3 is 1.46 bits per heavy atom. The van der Waals surface area contributed by atoms with Gasteiger partial charge in [0, 0.05) is 51.8 Å². The van der Waals surface area contributed by atoms with Crippen LogP contribution in [0.15, 0.2) is 30.3 Å². The van der Waals surface area contributed by atoms with Crippen LogP contribution in [0.25, 0.3) is 0 Å². The van der Waals surface area contributed by atoms with Crippen LogP contribution in [0.5, 0.6) is 28.7 Å². The molecule has 1 fully saturated rings. The molecule has 0 amide bonds. The van der Waals surface area contributed by atoms with Gasteiger partial charge in [-0.25, -0.2) is 0 Å². The maximum absolute atomic E-state index is 13.0. The molecule has 0 aliphatic carbocycles. The predicted molar refractivity (Wildman–Crippen MR) is 288 cm³/mol. The molecule has 0 aromatic heterocycles. The molecular formula is C53H88O15Si4. The van der Waals surface area contributed by atoms with E-state index in [1.165, 1.54) is 27.7 Å². The third-order valence-corrected chi connectivity index (χ3v) is 32.8. The van der Waals surface area contributed by atoms with Crippen molar-refractivity contribution in [2.45, 2.75) is 233 Å². The van der Waals surface area contributed by atoms with Gasteiger partial charge in [0.2, 0.25) is 16.6 Å². The number of carbonyl (C=O) groups is 4. The number of carbonyl (C=O) groups excluding carboxylic acids is 4. The summed E-state index contributed by atoms with van der Waals surface area (Å²) in [5.74, 6) is 0.0401. The van der Waals surface area contributed by atoms with Crippen LogP contribution in [0.4, 0.5) is 0 Å². The van der Waals surface area contributed by atoms with Crippen molar-refractivity contribution < 1.29 is 70.0 Å². The van der Waals surface area contributed by atoms with Crippen molar-refractivity contribution in [3.8, 4) is 28.7 Å². The number of rotatable bonds is 16. The van der Waals surface area contributed by atoms with Crippen molar-refractivity contribution in [3.63, 3.8) is 0 Å². The summed E-state index contributed by atoms with van der Waals surface area (Å²) in [5, 5.41) is -0.592. The number of fused-ring (bicyclic) bond motifs is 1. The van der Waals surface area contributed by atoms with Crippen LogP contribution in [0.1, 0.15) is 128 Å². The molecule has 19 heteroatoms. The molecule has 2 aliphatic heterocycles. The van der Waals surface area contributed by atoms with Crippen LogP contribution in [0.2, 0.25) is 72.5 Å². The van der Waals surface area contributed by atoms with Gasteiger partial charge >= 0.3 is 23.9 Å². The van der Waals surface area contributed by atoms with Crippen molar-refractivity contribution in [2.24, 2.45) is 0 Å². The van der Waals surface area contributed by atoms with Gasteiger partial charge in [-0.1, -0.05) is 89.2 Å². The third-order valence-electron chi connectivity index (χ3n) is 15.4. The summed E-state index contributed by atoms with van der Waals surface area (Å²) >= 11 is 0. The molecule has 0 radical (unpaired) electrons. The molecule has 0 saturated carbocycles. The summed E-state index contributed by atoms with van der Waals surface area (Å²) in [6, 6.07) is 9.72. The second kappa shape index (κ2) is 21.8.